The maximum Gasteiger partial charge on any atom is 0.305 e. The van der Waals surface area contributed by atoms with E-state index in [-0.39, 0.29) is 12.5 Å². The molecule has 1 aliphatic rings. The van der Waals surface area contributed by atoms with E-state index in [9.17, 15) is 4.79 Å². The Labute approximate surface area is 113 Å². The topological polar surface area (TPSA) is 67.6 Å². The lowest BCUT2D eigenvalue weighted by atomic mass is 10.1. The number of hydrogen-bond donors (Lipinski definition) is 1. The summed E-state index contributed by atoms with van der Waals surface area (Å²) in [6.07, 6.45) is 4.88. The van der Waals surface area contributed by atoms with Crippen LogP contribution in [0.4, 0.5) is 0 Å². The van der Waals surface area contributed by atoms with Gasteiger partial charge in [0.05, 0.1) is 25.8 Å². The van der Waals surface area contributed by atoms with Gasteiger partial charge in [-0.25, -0.2) is 0 Å². The Morgan fingerprint density at radius 1 is 1.53 bits per heavy atom. The Hall–Kier alpha value is -1.40. The maximum absolute atomic E-state index is 11.1. The number of aliphatic carboxylic acids is 1. The number of carboxylic acids is 1. The average Bonchev–Trinajstić information content (AvgIpc) is 2.86. The first-order chi connectivity index (χ1) is 9.20. The number of carboxylic acid groups (broad SMARTS) is 1. The molecule has 0 bridgehead atoms. The Bertz CT molecular complexity index is 413. The van der Waals surface area contributed by atoms with E-state index in [1.807, 2.05) is 10.9 Å². The van der Waals surface area contributed by atoms with Crippen LogP contribution in [0.25, 0.3) is 0 Å². The summed E-state index contributed by atoms with van der Waals surface area (Å²) in [6, 6.07) is -0.105. The Morgan fingerprint density at radius 3 is 2.89 bits per heavy atom. The van der Waals surface area contributed by atoms with Gasteiger partial charge in [-0.3, -0.25) is 14.4 Å². The fourth-order valence-electron chi connectivity index (χ4n) is 2.42. The monoisotopic (exact) mass is 267 g/mol. The third-order valence-electron chi connectivity index (χ3n) is 3.35. The van der Waals surface area contributed by atoms with Gasteiger partial charge in [0.15, 0.2) is 0 Å². The number of ether oxygens (including phenoxy) is 1. The molecular formula is C13H21N3O3. The van der Waals surface area contributed by atoms with E-state index in [1.165, 1.54) is 0 Å². The molecule has 106 valence electrons. The smallest absolute Gasteiger partial charge is 0.305 e. The van der Waals surface area contributed by atoms with Crippen molar-refractivity contribution in [3.05, 3.63) is 18.0 Å². The highest BCUT2D eigenvalue weighted by Gasteiger charge is 2.25. The lowest BCUT2D eigenvalue weighted by Crippen LogP contribution is -2.39. The Balaban J connectivity index is 2.12. The summed E-state index contributed by atoms with van der Waals surface area (Å²) in [6.45, 7) is 5.84. The quantitative estimate of drug-likeness (QED) is 0.837. The second-order valence-corrected chi connectivity index (χ2v) is 4.80. The first kappa shape index (κ1) is 14.0. The fraction of sp³-hybridized carbons (Fsp3) is 0.692. The van der Waals surface area contributed by atoms with E-state index in [0.29, 0.717) is 13.2 Å². The summed E-state index contributed by atoms with van der Waals surface area (Å²) in [4.78, 5) is 13.2. The molecule has 1 N–H and O–H groups in total. The third kappa shape index (κ3) is 3.78. The SMILES string of the molecule is CCCn1cc(C(CC(=O)O)N2CCOCC2)cn1. The molecule has 1 fully saturated rings. The van der Waals surface area contributed by atoms with Gasteiger partial charge in [-0.1, -0.05) is 6.92 Å². The molecule has 0 aromatic carbocycles. The first-order valence-electron chi connectivity index (χ1n) is 6.76. The summed E-state index contributed by atoms with van der Waals surface area (Å²) in [5, 5.41) is 13.4. The van der Waals surface area contributed by atoms with Crippen LogP contribution in [0.3, 0.4) is 0 Å². The molecule has 2 heterocycles. The number of hydrogen-bond acceptors (Lipinski definition) is 4. The zero-order valence-corrected chi connectivity index (χ0v) is 11.3. The molecule has 0 aliphatic carbocycles. The minimum absolute atomic E-state index is 0.105. The number of aryl methyl sites for hydroxylation is 1. The molecule has 1 aromatic rings. The van der Waals surface area contributed by atoms with E-state index >= 15 is 0 Å². The second-order valence-electron chi connectivity index (χ2n) is 4.80. The van der Waals surface area contributed by atoms with Crippen molar-refractivity contribution in [2.75, 3.05) is 26.3 Å². The van der Waals surface area contributed by atoms with E-state index in [0.717, 1.165) is 31.6 Å². The normalized spacial score (nSPS) is 18.4. The fourth-order valence-corrected chi connectivity index (χ4v) is 2.42. The highest BCUT2D eigenvalue weighted by atomic mass is 16.5. The van der Waals surface area contributed by atoms with Gasteiger partial charge in [0.2, 0.25) is 0 Å². The number of morpholine rings is 1. The van der Waals surface area contributed by atoms with Crippen LogP contribution in [-0.4, -0.2) is 52.1 Å². The van der Waals surface area contributed by atoms with Gasteiger partial charge < -0.3 is 9.84 Å². The van der Waals surface area contributed by atoms with Crippen LogP contribution in [0.1, 0.15) is 31.4 Å². The van der Waals surface area contributed by atoms with Crippen LogP contribution < -0.4 is 0 Å². The van der Waals surface area contributed by atoms with Gasteiger partial charge in [0, 0.05) is 37.4 Å². The van der Waals surface area contributed by atoms with Crippen molar-refractivity contribution in [3.8, 4) is 0 Å². The summed E-state index contributed by atoms with van der Waals surface area (Å²) < 4.78 is 7.20. The molecule has 0 amide bonds. The summed E-state index contributed by atoms with van der Waals surface area (Å²) in [5.41, 5.74) is 0.984. The predicted octanol–water partition coefficient (Wildman–Crippen LogP) is 1.14. The van der Waals surface area contributed by atoms with Crippen molar-refractivity contribution in [2.24, 2.45) is 0 Å². The van der Waals surface area contributed by atoms with E-state index < -0.39 is 5.97 Å². The molecule has 2 rings (SSSR count). The molecule has 0 saturated carbocycles. The van der Waals surface area contributed by atoms with Gasteiger partial charge in [-0.2, -0.15) is 5.10 Å². The lowest BCUT2D eigenvalue weighted by Gasteiger charge is -2.33. The summed E-state index contributed by atoms with van der Waals surface area (Å²) in [7, 11) is 0. The highest BCUT2D eigenvalue weighted by molar-refractivity contribution is 5.67. The zero-order valence-electron chi connectivity index (χ0n) is 11.3. The van der Waals surface area contributed by atoms with Crippen molar-refractivity contribution in [3.63, 3.8) is 0 Å². The summed E-state index contributed by atoms with van der Waals surface area (Å²) >= 11 is 0. The van der Waals surface area contributed by atoms with Gasteiger partial charge >= 0.3 is 5.97 Å². The average molecular weight is 267 g/mol. The zero-order chi connectivity index (χ0) is 13.7. The third-order valence-corrected chi connectivity index (χ3v) is 3.35. The van der Waals surface area contributed by atoms with E-state index in [1.54, 1.807) is 6.20 Å². The molecule has 6 nitrogen and oxygen atoms in total. The van der Waals surface area contributed by atoms with E-state index in [2.05, 4.69) is 16.9 Å². The van der Waals surface area contributed by atoms with Crippen molar-refractivity contribution >= 4 is 5.97 Å². The van der Waals surface area contributed by atoms with E-state index in [4.69, 9.17) is 9.84 Å². The standard InChI is InChI=1S/C13H21N3O3/c1-2-3-16-10-11(9-14-16)12(8-13(17)18)15-4-6-19-7-5-15/h9-10,12H,2-8H2,1H3,(H,17,18). The van der Waals surface area contributed by atoms with Crippen LogP contribution in [0.5, 0.6) is 0 Å². The molecule has 1 aliphatic heterocycles. The van der Waals surface area contributed by atoms with Gasteiger partial charge in [0.1, 0.15) is 0 Å². The summed E-state index contributed by atoms with van der Waals surface area (Å²) in [5.74, 6) is -0.778. The number of carbonyl (C=O) groups is 1. The maximum atomic E-state index is 11.1. The molecule has 19 heavy (non-hydrogen) atoms. The second kappa shape index (κ2) is 6.68. The van der Waals surface area contributed by atoms with Gasteiger partial charge in [0.25, 0.3) is 0 Å². The van der Waals surface area contributed by atoms with Gasteiger partial charge in [-0.05, 0) is 6.42 Å². The molecule has 6 heteroatoms. The van der Waals surface area contributed by atoms with Crippen molar-refractivity contribution in [1.29, 1.82) is 0 Å². The van der Waals surface area contributed by atoms with Crippen molar-refractivity contribution in [2.45, 2.75) is 32.4 Å². The highest BCUT2D eigenvalue weighted by Crippen LogP contribution is 2.25. The van der Waals surface area contributed by atoms with Crippen LogP contribution in [0.2, 0.25) is 0 Å². The Kier molecular flexibility index (Phi) is 4.93. The van der Waals surface area contributed by atoms with Crippen LogP contribution in [-0.2, 0) is 16.1 Å². The molecule has 0 spiro atoms. The Morgan fingerprint density at radius 2 is 2.26 bits per heavy atom. The lowest BCUT2D eigenvalue weighted by molar-refractivity contribution is -0.139. The molecule has 1 aromatic heterocycles. The largest absolute Gasteiger partial charge is 0.481 e. The van der Waals surface area contributed by atoms with Crippen LogP contribution >= 0.6 is 0 Å². The van der Waals surface area contributed by atoms with Crippen molar-refractivity contribution in [1.82, 2.24) is 14.7 Å². The molecule has 1 atom stereocenters. The minimum atomic E-state index is -0.778. The molecule has 0 radical (unpaired) electrons. The molecular weight excluding hydrogens is 246 g/mol. The number of aromatic nitrogens is 2. The van der Waals surface area contributed by atoms with Crippen LogP contribution in [0, 0.1) is 0 Å². The number of rotatable bonds is 6. The predicted molar refractivity (Wildman–Crippen MR) is 69.9 cm³/mol. The molecule has 1 unspecified atom stereocenters. The number of nitrogens with zero attached hydrogens (tertiary/aromatic N) is 3. The van der Waals surface area contributed by atoms with Crippen molar-refractivity contribution < 1.29 is 14.6 Å². The molecule has 1 saturated heterocycles. The first-order valence-corrected chi connectivity index (χ1v) is 6.76. The van der Waals surface area contributed by atoms with Gasteiger partial charge in [-0.15, -0.1) is 0 Å². The minimum Gasteiger partial charge on any atom is -0.481 e. The van der Waals surface area contributed by atoms with Crippen LogP contribution in [0.15, 0.2) is 12.4 Å².